The Morgan fingerprint density at radius 1 is 1.12 bits per heavy atom. The number of hydrogen-bond donors (Lipinski definition) is 1. The van der Waals surface area contributed by atoms with E-state index in [2.05, 4.69) is 9.82 Å². The molecule has 0 fully saturated rings. The van der Waals surface area contributed by atoms with Gasteiger partial charge in [0.25, 0.3) is 10.0 Å². The van der Waals surface area contributed by atoms with E-state index in [9.17, 15) is 8.42 Å². The molecule has 1 heterocycles. The maximum atomic E-state index is 12.4. The van der Waals surface area contributed by atoms with E-state index in [1.54, 1.807) is 47.3 Å². The van der Waals surface area contributed by atoms with Gasteiger partial charge in [0.15, 0.2) is 0 Å². The van der Waals surface area contributed by atoms with Gasteiger partial charge in [0.05, 0.1) is 23.3 Å². The molecule has 0 saturated heterocycles. The molecule has 2 aromatic carbocycles. The quantitative estimate of drug-likeness (QED) is 0.698. The summed E-state index contributed by atoms with van der Waals surface area (Å²) in [4.78, 5) is 0.201. The number of aryl methyl sites for hydroxylation is 1. The predicted molar refractivity (Wildman–Crippen MR) is 99.8 cm³/mol. The number of anilines is 1. The molecule has 0 saturated carbocycles. The van der Waals surface area contributed by atoms with E-state index in [0.717, 1.165) is 11.1 Å². The van der Waals surface area contributed by atoms with Crippen molar-refractivity contribution < 1.29 is 8.42 Å². The molecule has 3 aromatic rings. The summed E-state index contributed by atoms with van der Waals surface area (Å²) in [6, 6.07) is 11.8. The van der Waals surface area contributed by atoms with Gasteiger partial charge < -0.3 is 0 Å². The van der Waals surface area contributed by atoms with Crippen LogP contribution in [0.3, 0.4) is 0 Å². The monoisotopic (exact) mass is 395 g/mol. The zero-order chi connectivity index (χ0) is 18.0. The minimum atomic E-state index is -3.65. The minimum Gasteiger partial charge on any atom is -0.276 e. The molecule has 1 aromatic heterocycles. The average Bonchev–Trinajstić information content (AvgIpc) is 2.97. The third-order valence-electron chi connectivity index (χ3n) is 3.56. The molecule has 0 amide bonds. The summed E-state index contributed by atoms with van der Waals surface area (Å²) in [5.41, 5.74) is 2.21. The van der Waals surface area contributed by atoms with Gasteiger partial charge in [-0.25, -0.2) is 8.42 Å². The van der Waals surface area contributed by atoms with Crippen molar-refractivity contribution in [2.24, 2.45) is 0 Å². The number of sulfonamides is 1. The minimum absolute atomic E-state index is 0.201. The molecule has 0 atom stereocenters. The molecular formula is C17H15Cl2N3O2S. The second kappa shape index (κ2) is 7.07. The van der Waals surface area contributed by atoms with Crippen molar-refractivity contribution >= 4 is 38.9 Å². The average molecular weight is 396 g/mol. The highest BCUT2D eigenvalue weighted by Gasteiger charge is 2.15. The second-order valence-corrected chi connectivity index (χ2v) is 8.11. The Hall–Kier alpha value is -2.02. The first-order valence-corrected chi connectivity index (χ1v) is 9.63. The fourth-order valence-corrected chi connectivity index (χ4v) is 3.75. The molecule has 0 bridgehead atoms. The van der Waals surface area contributed by atoms with Gasteiger partial charge in [0.1, 0.15) is 0 Å². The summed E-state index contributed by atoms with van der Waals surface area (Å²) >= 11 is 12.0. The van der Waals surface area contributed by atoms with Crippen LogP contribution in [0.1, 0.15) is 11.1 Å². The first kappa shape index (κ1) is 17.8. The van der Waals surface area contributed by atoms with Crippen molar-refractivity contribution in [2.45, 2.75) is 18.4 Å². The highest BCUT2D eigenvalue weighted by atomic mass is 35.5. The van der Waals surface area contributed by atoms with Crippen molar-refractivity contribution in [2.75, 3.05) is 4.72 Å². The fraction of sp³-hybridized carbons (Fsp3) is 0.118. The largest absolute Gasteiger partial charge is 0.276 e. The Labute approximate surface area is 156 Å². The van der Waals surface area contributed by atoms with Crippen LogP contribution in [0.5, 0.6) is 0 Å². The van der Waals surface area contributed by atoms with Crippen LogP contribution in [-0.4, -0.2) is 18.2 Å². The van der Waals surface area contributed by atoms with Crippen LogP contribution in [0, 0.1) is 6.92 Å². The van der Waals surface area contributed by atoms with Gasteiger partial charge in [-0.05, 0) is 36.8 Å². The van der Waals surface area contributed by atoms with E-state index in [0.29, 0.717) is 22.3 Å². The zero-order valence-corrected chi connectivity index (χ0v) is 15.6. The third kappa shape index (κ3) is 4.34. The first-order valence-electron chi connectivity index (χ1n) is 7.39. The van der Waals surface area contributed by atoms with Gasteiger partial charge in [-0.15, -0.1) is 0 Å². The maximum Gasteiger partial charge on any atom is 0.261 e. The zero-order valence-electron chi connectivity index (χ0n) is 13.3. The summed E-state index contributed by atoms with van der Waals surface area (Å²) in [6.45, 7) is 2.30. The Morgan fingerprint density at radius 2 is 1.84 bits per heavy atom. The number of nitrogens with one attached hydrogen (secondary N) is 1. The van der Waals surface area contributed by atoms with Gasteiger partial charge in [-0.1, -0.05) is 47.0 Å². The molecule has 0 aliphatic carbocycles. The number of benzene rings is 2. The molecule has 130 valence electrons. The highest BCUT2D eigenvalue weighted by molar-refractivity contribution is 7.92. The number of nitrogens with zero attached hydrogens (tertiary/aromatic N) is 2. The third-order valence-corrected chi connectivity index (χ3v) is 5.55. The molecule has 5 nitrogen and oxygen atoms in total. The lowest BCUT2D eigenvalue weighted by Crippen LogP contribution is -2.12. The number of rotatable bonds is 5. The van der Waals surface area contributed by atoms with E-state index in [1.165, 1.54) is 6.20 Å². The lowest BCUT2D eigenvalue weighted by molar-refractivity contribution is 0.601. The Morgan fingerprint density at radius 3 is 2.52 bits per heavy atom. The lowest BCUT2D eigenvalue weighted by Gasteiger charge is -2.06. The van der Waals surface area contributed by atoms with E-state index in [4.69, 9.17) is 23.2 Å². The standard InChI is InChI=1S/C17H15Cl2N3O2S/c1-12-2-6-16(7-3-12)25(23,24)21-15-9-20-22(11-15)10-13-4-5-14(18)8-17(13)19/h2-9,11,21H,10H2,1H3. The van der Waals surface area contributed by atoms with Crippen molar-refractivity contribution in [1.29, 1.82) is 0 Å². The number of hydrogen-bond acceptors (Lipinski definition) is 3. The van der Waals surface area contributed by atoms with Crippen molar-refractivity contribution in [1.82, 2.24) is 9.78 Å². The van der Waals surface area contributed by atoms with E-state index in [1.807, 2.05) is 13.0 Å². The number of aromatic nitrogens is 2. The fourth-order valence-electron chi connectivity index (χ4n) is 2.26. The Kier molecular flexibility index (Phi) is 5.03. The topological polar surface area (TPSA) is 64.0 Å². The molecule has 0 aliphatic heterocycles. The van der Waals surface area contributed by atoms with Gasteiger partial charge in [0.2, 0.25) is 0 Å². The van der Waals surface area contributed by atoms with Crippen molar-refractivity contribution in [3.05, 3.63) is 76.0 Å². The Bertz CT molecular complexity index is 999. The summed E-state index contributed by atoms with van der Waals surface area (Å²) in [7, 11) is -3.65. The van der Waals surface area contributed by atoms with Crippen LogP contribution in [0.4, 0.5) is 5.69 Å². The van der Waals surface area contributed by atoms with Crippen LogP contribution in [-0.2, 0) is 16.6 Å². The molecule has 1 N–H and O–H groups in total. The molecule has 0 unspecified atom stereocenters. The molecule has 3 rings (SSSR count). The Balaban J connectivity index is 1.76. The van der Waals surface area contributed by atoms with Crippen LogP contribution in [0.2, 0.25) is 10.0 Å². The second-order valence-electron chi connectivity index (χ2n) is 5.58. The van der Waals surface area contributed by atoms with Gasteiger partial charge in [-0.3, -0.25) is 9.40 Å². The summed E-state index contributed by atoms with van der Waals surface area (Å²) in [5.74, 6) is 0. The van der Waals surface area contributed by atoms with Gasteiger partial charge >= 0.3 is 0 Å². The highest BCUT2D eigenvalue weighted by Crippen LogP contribution is 2.22. The predicted octanol–water partition coefficient (Wildman–Crippen LogP) is 4.35. The van der Waals surface area contributed by atoms with Gasteiger partial charge in [-0.2, -0.15) is 5.10 Å². The SMILES string of the molecule is Cc1ccc(S(=O)(=O)Nc2cnn(Cc3ccc(Cl)cc3Cl)c2)cc1. The molecule has 0 spiro atoms. The van der Waals surface area contributed by atoms with E-state index < -0.39 is 10.0 Å². The van der Waals surface area contributed by atoms with Crippen molar-refractivity contribution in [3.8, 4) is 0 Å². The van der Waals surface area contributed by atoms with E-state index >= 15 is 0 Å². The van der Waals surface area contributed by atoms with Crippen molar-refractivity contribution in [3.63, 3.8) is 0 Å². The normalized spacial score (nSPS) is 11.5. The lowest BCUT2D eigenvalue weighted by atomic mass is 10.2. The number of halogens is 2. The van der Waals surface area contributed by atoms with Gasteiger partial charge in [0, 0.05) is 16.2 Å². The molecule has 25 heavy (non-hydrogen) atoms. The van der Waals surface area contributed by atoms with E-state index in [-0.39, 0.29) is 4.90 Å². The maximum absolute atomic E-state index is 12.4. The molecular weight excluding hydrogens is 381 g/mol. The smallest absolute Gasteiger partial charge is 0.261 e. The van der Waals surface area contributed by atoms with Crippen LogP contribution in [0.25, 0.3) is 0 Å². The molecule has 0 radical (unpaired) electrons. The van der Waals surface area contributed by atoms with Crippen LogP contribution in [0.15, 0.2) is 59.8 Å². The molecule has 8 heteroatoms. The molecule has 0 aliphatic rings. The summed E-state index contributed by atoms with van der Waals surface area (Å²) in [5, 5.41) is 5.25. The first-order chi connectivity index (χ1) is 11.8. The summed E-state index contributed by atoms with van der Waals surface area (Å²) in [6.07, 6.45) is 3.06. The van der Waals surface area contributed by atoms with Crippen LogP contribution >= 0.6 is 23.2 Å². The summed E-state index contributed by atoms with van der Waals surface area (Å²) < 4.78 is 28.9. The van der Waals surface area contributed by atoms with Crippen LogP contribution < -0.4 is 4.72 Å².